The van der Waals surface area contributed by atoms with E-state index in [9.17, 15) is 4.79 Å². The molecule has 3 heterocycles. The van der Waals surface area contributed by atoms with Crippen LogP contribution in [0.2, 0.25) is 0 Å². The molecule has 2 aliphatic rings. The highest BCUT2D eigenvalue weighted by Crippen LogP contribution is 2.45. The topological polar surface area (TPSA) is 52.2 Å². The smallest absolute Gasteiger partial charge is 0.257 e. The first kappa shape index (κ1) is 18.9. The summed E-state index contributed by atoms with van der Waals surface area (Å²) in [5, 5.41) is 7.12. The van der Waals surface area contributed by atoms with Crippen LogP contribution in [0.1, 0.15) is 38.9 Å². The molecule has 5 nitrogen and oxygen atoms in total. The fourth-order valence-electron chi connectivity index (χ4n) is 4.83. The molecular weight excluding hydrogens is 348 g/mol. The summed E-state index contributed by atoms with van der Waals surface area (Å²) in [7, 11) is 2.21. The number of aromatic amines is 1. The molecule has 2 aromatic rings. The molecule has 2 fully saturated rings. The van der Waals surface area contributed by atoms with Crippen LogP contribution >= 0.6 is 12.4 Å². The number of halogens is 1. The molecule has 3 atom stereocenters. The summed E-state index contributed by atoms with van der Waals surface area (Å²) in [6.07, 6.45) is 0. The highest BCUT2D eigenvalue weighted by atomic mass is 35.5. The molecule has 1 aromatic heterocycles. The van der Waals surface area contributed by atoms with Gasteiger partial charge in [-0.1, -0.05) is 24.3 Å². The van der Waals surface area contributed by atoms with Crippen molar-refractivity contribution in [2.75, 3.05) is 26.7 Å². The maximum atomic E-state index is 13.0. The molecule has 0 spiro atoms. The zero-order valence-corrected chi connectivity index (χ0v) is 16.6. The Kier molecular flexibility index (Phi) is 5.13. The average molecular weight is 375 g/mol. The van der Waals surface area contributed by atoms with Crippen LogP contribution in [-0.4, -0.2) is 52.6 Å². The van der Waals surface area contributed by atoms with Gasteiger partial charge in [-0.3, -0.25) is 14.8 Å². The predicted octanol–water partition coefficient (Wildman–Crippen LogP) is 3.13. The fraction of sp³-hybridized carbons (Fsp3) is 0.500. The normalized spacial score (nSPS) is 25.2. The van der Waals surface area contributed by atoms with E-state index in [0.717, 1.165) is 36.6 Å². The molecule has 0 radical (unpaired) electrons. The van der Waals surface area contributed by atoms with E-state index >= 15 is 0 Å². The molecule has 1 amide bonds. The summed E-state index contributed by atoms with van der Waals surface area (Å²) in [4.78, 5) is 17.5. The number of carbonyl (C=O) groups excluding carboxylic acids is 1. The Hall–Kier alpha value is -1.85. The number of amides is 1. The van der Waals surface area contributed by atoms with Gasteiger partial charge in [-0.15, -0.1) is 12.4 Å². The molecule has 1 aromatic carbocycles. The number of hydrogen-bond donors (Lipinski definition) is 1. The number of fused-ring (bicyclic) bond motifs is 1. The number of nitrogens with zero attached hydrogens (tertiary/aromatic N) is 3. The lowest BCUT2D eigenvalue weighted by molar-refractivity contribution is 0.0766. The molecule has 6 heteroatoms. The maximum Gasteiger partial charge on any atom is 0.257 e. The molecular formula is C20H27ClN4O. The molecule has 0 unspecified atom stereocenters. The van der Waals surface area contributed by atoms with Crippen molar-refractivity contribution in [2.24, 2.45) is 11.8 Å². The first-order valence-corrected chi connectivity index (χ1v) is 9.04. The van der Waals surface area contributed by atoms with Crippen LogP contribution < -0.4 is 0 Å². The molecule has 4 rings (SSSR count). The van der Waals surface area contributed by atoms with E-state index in [4.69, 9.17) is 0 Å². The third-order valence-electron chi connectivity index (χ3n) is 6.03. The molecule has 2 aliphatic heterocycles. The average Bonchev–Trinajstić information content (AvgIpc) is 3.21. The van der Waals surface area contributed by atoms with Gasteiger partial charge in [0, 0.05) is 37.3 Å². The summed E-state index contributed by atoms with van der Waals surface area (Å²) in [6.45, 7) is 8.74. The Labute approximate surface area is 161 Å². The summed E-state index contributed by atoms with van der Waals surface area (Å²) in [5.41, 5.74) is 5.16. The Bertz CT molecular complexity index is 798. The highest BCUT2D eigenvalue weighted by Gasteiger charge is 2.47. The Balaban J connectivity index is 0.00000196. The fourth-order valence-corrected chi connectivity index (χ4v) is 4.83. The number of hydrogen-bond acceptors (Lipinski definition) is 3. The van der Waals surface area contributed by atoms with E-state index in [2.05, 4.69) is 53.3 Å². The van der Waals surface area contributed by atoms with E-state index in [0.29, 0.717) is 17.9 Å². The van der Waals surface area contributed by atoms with Gasteiger partial charge in [0.05, 0.1) is 11.3 Å². The van der Waals surface area contributed by atoms with Gasteiger partial charge in [0.2, 0.25) is 0 Å². The van der Waals surface area contributed by atoms with Gasteiger partial charge in [0.15, 0.2) is 0 Å². The number of likely N-dealkylation sites (tertiary alicyclic amines) is 2. The van der Waals surface area contributed by atoms with Crippen molar-refractivity contribution in [3.63, 3.8) is 0 Å². The zero-order valence-electron chi connectivity index (χ0n) is 15.8. The number of aromatic nitrogens is 2. The van der Waals surface area contributed by atoms with E-state index in [1.807, 2.05) is 18.7 Å². The number of rotatable bonds is 2. The van der Waals surface area contributed by atoms with Crippen molar-refractivity contribution < 1.29 is 4.79 Å². The number of carbonyl (C=O) groups is 1. The number of aryl methyl sites for hydroxylation is 3. The van der Waals surface area contributed by atoms with E-state index in [-0.39, 0.29) is 18.3 Å². The summed E-state index contributed by atoms with van der Waals surface area (Å²) in [6, 6.07) is 9.05. The van der Waals surface area contributed by atoms with Gasteiger partial charge in [0.1, 0.15) is 0 Å². The second-order valence-corrected chi connectivity index (χ2v) is 7.68. The molecule has 1 N–H and O–H groups in total. The number of nitrogens with one attached hydrogen (secondary N) is 1. The maximum absolute atomic E-state index is 13.0. The first-order valence-electron chi connectivity index (χ1n) is 9.04. The van der Waals surface area contributed by atoms with Crippen LogP contribution in [0.15, 0.2) is 24.3 Å². The lowest BCUT2D eigenvalue weighted by atomic mass is 9.88. The lowest BCUT2D eigenvalue weighted by Gasteiger charge is -2.28. The largest absolute Gasteiger partial charge is 0.338 e. The molecule has 0 bridgehead atoms. The van der Waals surface area contributed by atoms with Crippen LogP contribution in [0, 0.1) is 32.6 Å². The molecule has 140 valence electrons. The summed E-state index contributed by atoms with van der Waals surface area (Å²) < 4.78 is 0. The van der Waals surface area contributed by atoms with Crippen LogP contribution in [0.3, 0.4) is 0 Å². The number of H-pyrrole nitrogens is 1. The molecule has 26 heavy (non-hydrogen) atoms. The van der Waals surface area contributed by atoms with E-state index < -0.39 is 0 Å². The summed E-state index contributed by atoms with van der Waals surface area (Å²) >= 11 is 0. The van der Waals surface area contributed by atoms with Gasteiger partial charge in [0.25, 0.3) is 5.91 Å². The minimum atomic E-state index is 0. The second kappa shape index (κ2) is 7.05. The second-order valence-electron chi connectivity index (χ2n) is 7.68. The number of benzene rings is 1. The van der Waals surface area contributed by atoms with Crippen LogP contribution in [0.5, 0.6) is 0 Å². The van der Waals surface area contributed by atoms with Gasteiger partial charge < -0.3 is 4.90 Å². The van der Waals surface area contributed by atoms with Crippen molar-refractivity contribution in [3.8, 4) is 0 Å². The van der Waals surface area contributed by atoms with E-state index in [1.165, 1.54) is 11.1 Å². The van der Waals surface area contributed by atoms with Crippen molar-refractivity contribution in [3.05, 3.63) is 52.3 Å². The van der Waals surface area contributed by atoms with Crippen LogP contribution in [0.4, 0.5) is 0 Å². The van der Waals surface area contributed by atoms with E-state index in [1.54, 1.807) is 0 Å². The third-order valence-corrected chi connectivity index (χ3v) is 6.03. The zero-order chi connectivity index (χ0) is 17.7. The Morgan fingerprint density at radius 2 is 1.88 bits per heavy atom. The standard InChI is InChI=1S/C20H26N4O.ClH/c1-12-7-5-6-8-16(12)19-17-11-24(10-15(17)9-23(19)4)20(25)18-13(2)21-22-14(18)3;/h5-8,15,17,19H,9-11H2,1-4H3,(H,21,22);1H/t15-,17+,19+;/m0./s1. The monoisotopic (exact) mass is 374 g/mol. The van der Waals surface area contributed by atoms with Crippen molar-refractivity contribution >= 4 is 18.3 Å². The Morgan fingerprint density at radius 3 is 2.54 bits per heavy atom. The third kappa shape index (κ3) is 2.93. The molecule has 2 saturated heterocycles. The summed E-state index contributed by atoms with van der Waals surface area (Å²) in [5.74, 6) is 1.18. The van der Waals surface area contributed by atoms with Crippen LogP contribution in [0.25, 0.3) is 0 Å². The van der Waals surface area contributed by atoms with Crippen molar-refractivity contribution in [2.45, 2.75) is 26.8 Å². The van der Waals surface area contributed by atoms with Gasteiger partial charge in [-0.2, -0.15) is 5.10 Å². The van der Waals surface area contributed by atoms with Gasteiger partial charge >= 0.3 is 0 Å². The van der Waals surface area contributed by atoms with Crippen LogP contribution in [-0.2, 0) is 0 Å². The predicted molar refractivity (Wildman–Crippen MR) is 105 cm³/mol. The van der Waals surface area contributed by atoms with Crippen molar-refractivity contribution in [1.29, 1.82) is 0 Å². The molecule has 0 aliphatic carbocycles. The minimum absolute atomic E-state index is 0. The highest BCUT2D eigenvalue weighted by molar-refractivity contribution is 5.96. The first-order chi connectivity index (χ1) is 12.0. The lowest BCUT2D eigenvalue weighted by Crippen LogP contribution is -2.34. The van der Waals surface area contributed by atoms with Gasteiger partial charge in [-0.25, -0.2) is 0 Å². The minimum Gasteiger partial charge on any atom is -0.338 e. The van der Waals surface area contributed by atoms with Crippen molar-refractivity contribution in [1.82, 2.24) is 20.0 Å². The SMILES string of the molecule is Cc1ccccc1[C@@H]1[C@@H]2CN(C(=O)c3c(C)n[nH]c3C)C[C@@H]2CN1C.Cl. The van der Waals surface area contributed by atoms with Gasteiger partial charge in [-0.05, 0) is 44.9 Å². The Morgan fingerprint density at radius 1 is 1.15 bits per heavy atom. The molecule has 0 saturated carbocycles. The quantitative estimate of drug-likeness (QED) is 0.878.